The minimum absolute atomic E-state index is 0.0273. The summed E-state index contributed by atoms with van der Waals surface area (Å²) in [5.41, 5.74) is -0.00436. The standard InChI is InChI=1S/C25H38N3O4/c1-15(23(31)27-18-13-24(3,4)28(32)25(5,6)14-18)20-12-21(20)22(26-16(2)29)11-17-7-9-19(30)10-8-17/h7-10,15,18,20-22,30H,11-14H2,1-6H3,(H,26,29)(H,27,31)/t15-,20-,21-,22+/m0/s1. The molecule has 4 atom stereocenters. The smallest absolute Gasteiger partial charge is 0.223 e. The molecule has 1 radical (unpaired) electrons. The highest BCUT2D eigenvalue weighted by Gasteiger charge is 2.50. The molecular formula is C25H38N3O4. The van der Waals surface area contributed by atoms with E-state index < -0.39 is 11.1 Å². The molecule has 32 heavy (non-hydrogen) atoms. The summed E-state index contributed by atoms with van der Waals surface area (Å²) in [6.07, 6.45) is 2.82. The van der Waals surface area contributed by atoms with Gasteiger partial charge >= 0.3 is 0 Å². The summed E-state index contributed by atoms with van der Waals surface area (Å²) in [6, 6.07) is 6.96. The molecule has 2 aliphatic rings. The first-order valence-corrected chi connectivity index (χ1v) is 11.6. The molecule has 1 aliphatic carbocycles. The van der Waals surface area contributed by atoms with E-state index in [-0.39, 0.29) is 47.4 Å². The lowest BCUT2D eigenvalue weighted by Crippen LogP contribution is -2.62. The van der Waals surface area contributed by atoms with Crippen molar-refractivity contribution in [3.8, 4) is 5.75 Å². The highest BCUT2D eigenvalue weighted by Crippen LogP contribution is 2.47. The average Bonchev–Trinajstić information content (AvgIpc) is 3.46. The SMILES string of the molecule is CC(=O)N[C@H](Cc1ccc(O)cc1)[C@H]1C[C@H]1[C@H](C)C(=O)NC1CC(C)(C)N([O])C(C)(C)C1. The van der Waals surface area contributed by atoms with Crippen molar-refractivity contribution in [1.29, 1.82) is 0 Å². The first kappa shape index (κ1) is 24.5. The van der Waals surface area contributed by atoms with Gasteiger partial charge in [-0.15, -0.1) is 10.3 Å². The van der Waals surface area contributed by atoms with Gasteiger partial charge in [-0.05, 0) is 82.9 Å². The van der Waals surface area contributed by atoms with E-state index in [9.17, 15) is 19.9 Å². The monoisotopic (exact) mass is 444 g/mol. The highest BCUT2D eigenvalue weighted by molar-refractivity contribution is 5.79. The second-order valence-electron chi connectivity index (χ2n) is 11.1. The number of nitrogens with zero attached hydrogens (tertiary/aromatic N) is 1. The van der Waals surface area contributed by atoms with E-state index in [1.165, 1.54) is 12.0 Å². The zero-order valence-corrected chi connectivity index (χ0v) is 20.1. The molecule has 7 heteroatoms. The molecule has 7 nitrogen and oxygen atoms in total. The molecule has 1 heterocycles. The van der Waals surface area contributed by atoms with Gasteiger partial charge in [0.15, 0.2) is 0 Å². The third-order valence-corrected chi connectivity index (χ3v) is 7.18. The number of rotatable bonds is 7. The first-order valence-electron chi connectivity index (χ1n) is 11.6. The van der Waals surface area contributed by atoms with Crippen molar-refractivity contribution in [2.75, 3.05) is 0 Å². The maximum absolute atomic E-state index is 13.1. The molecular weight excluding hydrogens is 406 g/mol. The number of aromatic hydroxyl groups is 1. The van der Waals surface area contributed by atoms with Crippen LogP contribution in [0, 0.1) is 17.8 Å². The normalized spacial score (nSPS) is 26.7. The zero-order chi connectivity index (χ0) is 23.8. The van der Waals surface area contributed by atoms with E-state index in [1.54, 1.807) is 12.1 Å². The molecule has 0 spiro atoms. The Balaban J connectivity index is 1.61. The third-order valence-electron chi connectivity index (χ3n) is 7.18. The number of hydroxylamine groups is 2. The third kappa shape index (κ3) is 5.62. The maximum atomic E-state index is 13.1. The van der Waals surface area contributed by atoms with Gasteiger partial charge in [-0.2, -0.15) is 0 Å². The summed E-state index contributed by atoms with van der Waals surface area (Å²) in [5.74, 6) is 0.459. The number of phenols is 1. The van der Waals surface area contributed by atoms with Crippen molar-refractivity contribution in [3.63, 3.8) is 0 Å². The average molecular weight is 445 g/mol. The van der Waals surface area contributed by atoms with E-state index in [0.29, 0.717) is 19.3 Å². The van der Waals surface area contributed by atoms with Crippen LogP contribution in [-0.2, 0) is 21.2 Å². The maximum Gasteiger partial charge on any atom is 0.223 e. The van der Waals surface area contributed by atoms with Gasteiger partial charge in [0.05, 0.1) is 0 Å². The number of piperidine rings is 1. The number of hydrogen-bond donors (Lipinski definition) is 3. The minimum Gasteiger partial charge on any atom is -0.508 e. The summed E-state index contributed by atoms with van der Waals surface area (Å²) in [4.78, 5) is 24.9. The molecule has 0 bridgehead atoms. The van der Waals surface area contributed by atoms with Crippen LogP contribution in [0.25, 0.3) is 0 Å². The van der Waals surface area contributed by atoms with E-state index >= 15 is 0 Å². The molecule has 1 saturated heterocycles. The number of phenolic OH excluding ortho intramolecular Hbond substituents is 1. The second kappa shape index (κ2) is 9.02. The Morgan fingerprint density at radius 2 is 1.66 bits per heavy atom. The fourth-order valence-electron chi connectivity index (χ4n) is 5.62. The second-order valence-corrected chi connectivity index (χ2v) is 11.1. The Labute approximate surface area is 191 Å². The number of carbonyl (C=O) groups excluding carboxylic acids is 2. The van der Waals surface area contributed by atoms with Crippen LogP contribution in [0.2, 0.25) is 0 Å². The lowest BCUT2D eigenvalue weighted by molar-refractivity contribution is -0.290. The first-order chi connectivity index (χ1) is 14.8. The zero-order valence-electron chi connectivity index (χ0n) is 20.1. The van der Waals surface area contributed by atoms with Crippen molar-refractivity contribution >= 4 is 11.8 Å². The minimum atomic E-state index is -0.522. The van der Waals surface area contributed by atoms with Crippen LogP contribution in [-0.4, -0.2) is 45.1 Å². The van der Waals surface area contributed by atoms with Crippen LogP contribution in [0.1, 0.15) is 66.4 Å². The molecule has 2 fully saturated rings. The predicted octanol–water partition coefficient (Wildman–Crippen LogP) is 3.19. The van der Waals surface area contributed by atoms with Crippen LogP contribution in [0.3, 0.4) is 0 Å². The predicted molar refractivity (Wildman–Crippen MR) is 122 cm³/mol. The van der Waals surface area contributed by atoms with Gasteiger partial charge in [0.1, 0.15) is 5.75 Å². The fourth-order valence-corrected chi connectivity index (χ4v) is 5.62. The van der Waals surface area contributed by atoms with Gasteiger partial charge in [0, 0.05) is 36.0 Å². The number of benzene rings is 1. The van der Waals surface area contributed by atoms with Gasteiger partial charge in [-0.3, -0.25) is 9.59 Å². The largest absolute Gasteiger partial charge is 0.508 e. The Bertz CT molecular complexity index is 818. The van der Waals surface area contributed by atoms with Crippen LogP contribution in [0.5, 0.6) is 5.75 Å². The van der Waals surface area contributed by atoms with E-state index in [4.69, 9.17) is 0 Å². The van der Waals surface area contributed by atoms with Gasteiger partial charge in [0.25, 0.3) is 0 Å². The van der Waals surface area contributed by atoms with Crippen molar-refractivity contribution in [2.45, 2.75) is 90.4 Å². The van der Waals surface area contributed by atoms with Crippen molar-refractivity contribution < 1.29 is 19.9 Å². The van der Waals surface area contributed by atoms with Crippen LogP contribution in [0.4, 0.5) is 0 Å². The fraction of sp³-hybridized carbons (Fsp3) is 0.680. The van der Waals surface area contributed by atoms with Gasteiger partial charge in [0.2, 0.25) is 11.8 Å². The molecule has 1 aliphatic heterocycles. The summed E-state index contributed by atoms with van der Waals surface area (Å²) in [7, 11) is 0. The lowest BCUT2D eigenvalue weighted by atomic mass is 9.78. The molecule has 0 unspecified atom stereocenters. The molecule has 1 aromatic carbocycles. The van der Waals surface area contributed by atoms with Crippen molar-refractivity contribution in [1.82, 2.24) is 15.7 Å². The van der Waals surface area contributed by atoms with Crippen LogP contribution in [0.15, 0.2) is 24.3 Å². The number of hydrogen-bond acceptors (Lipinski definition) is 4. The Hall–Kier alpha value is -2.12. The number of carbonyl (C=O) groups is 2. The van der Waals surface area contributed by atoms with E-state index in [0.717, 1.165) is 12.0 Å². The molecule has 177 valence electrons. The Morgan fingerprint density at radius 3 is 2.19 bits per heavy atom. The molecule has 3 rings (SSSR count). The molecule has 3 N–H and O–H groups in total. The van der Waals surface area contributed by atoms with Gasteiger partial charge in [-0.25, -0.2) is 0 Å². The van der Waals surface area contributed by atoms with Crippen LogP contribution < -0.4 is 10.6 Å². The number of nitrogens with one attached hydrogen (secondary N) is 2. The van der Waals surface area contributed by atoms with E-state index in [1.807, 2.05) is 46.8 Å². The summed E-state index contributed by atoms with van der Waals surface area (Å²) in [6.45, 7) is 11.2. The Morgan fingerprint density at radius 1 is 1.09 bits per heavy atom. The lowest BCUT2D eigenvalue weighted by Gasteiger charge is -2.50. The Kier molecular flexibility index (Phi) is 6.91. The highest BCUT2D eigenvalue weighted by atomic mass is 16.5. The molecule has 0 aromatic heterocycles. The summed E-state index contributed by atoms with van der Waals surface area (Å²) >= 11 is 0. The number of amides is 2. The summed E-state index contributed by atoms with van der Waals surface area (Å²) < 4.78 is 0. The van der Waals surface area contributed by atoms with Crippen molar-refractivity contribution in [3.05, 3.63) is 29.8 Å². The van der Waals surface area contributed by atoms with Crippen LogP contribution >= 0.6 is 0 Å². The quantitative estimate of drug-likeness (QED) is 0.601. The molecule has 2 amide bonds. The van der Waals surface area contributed by atoms with Gasteiger partial charge in [-0.1, -0.05) is 19.1 Å². The molecule has 1 saturated carbocycles. The topological polar surface area (TPSA) is 102 Å². The van der Waals surface area contributed by atoms with Gasteiger partial charge < -0.3 is 15.7 Å². The van der Waals surface area contributed by atoms with Crippen molar-refractivity contribution in [2.24, 2.45) is 17.8 Å². The van der Waals surface area contributed by atoms with E-state index in [2.05, 4.69) is 10.6 Å². The molecule has 1 aromatic rings. The summed E-state index contributed by atoms with van der Waals surface area (Å²) in [5, 5.41) is 29.5.